The van der Waals surface area contributed by atoms with Crippen LogP contribution < -0.4 is 4.90 Å². The topological polar surface area (TPSA) is 16.4 Å². The van der Waals surface area contributed by atoms with Gasteiger partial charge in [0.2, 0.25) is 0 Å². The van der Waals surface area contributed by atoms with Gasteiger partial charge in [-0.1, -0.05) is 194 Å². The Labute approximate surface area is 349 Å². The van der Waals surface area contributed by atoms with Crippen LogP contribution in [-0.4, -0.2) is 0 Å². The molecule has 0 aliphatic carbocycles. The van der Waals surface area contributed by atoms with Gasteiger partial charge in [-0.3, -0.25) is 0 Å². The van der Waals surface area contributed by atoms with Gasteiger partial charge in [-0.05, 0) is 103 Å². The van der Waals surface area contributed by atoms with Crippen molar-refractivity contribution in [3.05, 3.63) is 237 Å². The Morgan fingerprint density at radius 3 is 1.50 bits per heavy atom. The average Bonchev–Trinajstić information content (AvgIpc) is 3.72. The van der Waals surface area contributed by atoms with Gasteiger partial charge >= 0.3 is 0 Å². The first kappa shape index (κ1) is 35.2. The number of fused-ring (bicyclic) bond motifs is 4. The quantitative estimate of drug-likeness (QED) is 0.153. The molecule has 0 aliphatic rings. The van der Waals surface area contributed by atoms with E-state index in [2.05, 4.69) is 241 Å². The maximum absolute atomic E-state index is 7.26. The van der Waals surface area contributed by atoms with Crippen molar-refractivity contribution in [2.45, 2.75) is 0 Å². The van der Waals surface area contributed by atoms with Crippen molar-refractivity contribution in [2.75, 3.05) is 4.90 Å². The molecule has 1 heterocycles. The smallest absolute Gasteiger partial charge is 0.159 e. The van der Waals surface area contributed by atoms with Crippen LogP contribution in [0.2, 0.25) is 0 Å². The molecule has 0 aliphatic heterocycles. The fourth-order valence-corrected chi connectivity index (χ4v) is 8.77. The fraction of sp³-hybridized carbons (Fsp3) is 0. The second-order valence-electron chi connectivity index (χ2n) is 15.3. The van der Waals surface area contributed by atoms with E-state index in [1.54, 1.807) is 0 Å². The summed E-state index contributed by atoms with van der Waals surface area (Å²) in [4.78, 5) is 2.36. The second-order valence-corrected chi connectivity index (χ2v) is 15.3. The highest BCUT2D eigenvalue weighted by atomic mass is 16.3. The summed E-state index contributed by atoms with van der Waals surface area (Å²) in [5.41, 5.74) is 16.3. The van der Waals surface area contributed by atoms with E-state index < -0.39 is 0 Å². The zero-order valence-electron chi connectivity index (χ0n) is 32.9. The Bertz CT molecular complexity index is 3280. The Morgan fingerprint density at radius 2 is 0.817 bits per heavy atom. The van der Waals surface area contributed by atoms with Gasteiger partial charge in [-0.15, -0.1) is 0 Å². The van der Waals surface area contributed by atoms with Crippen LogP contribution in [0.5, 0.6) is 0 Å². The average molecular weight is 766 g/mol. The Morgan fingerprint density at radius 1 is 0.283 bits per heavy atom. The molecular formula is C58H39NO. The molecule has 0 unspecified atom stereocenters. The van der Waals surface area contributed by atoms with E-state index in [-0.39, 0.29) is 0 Å². The molecule has 11 rings (SSSR count). The third kappa shape index (κ3) is 6.32. The molecule has 11 aromatic rings. The molecule has 2 nitrogen and oxygen atoms in total. The second kappa shape index (κ2) is 15.1. The minimum absolute atomic E-state index is 0.835. The Balaban J connectivity index is 1.14. The van der Waals surface area contributed by atoms with Crippen LogP contribution in [0.3, 0.4) is 0 Å². The van der Waals surface area contributed by atoms with E-state index in [0.717, 1.165) is 77.9 Å². The van der Waals surface area contributed by atoms with Crippen LogP contribution in [0.15, 0.2) is 241 Å². The number of hydrogen-bond donors (Lipinski definition) is 0. The zero-order chi connectivity index (χ0) is 39.8. The number of nitrogens with zero attached hydrogens (tertiary/aromatic N) is 1. The standard InChI is InChI=1S/C58H39NO/c1-5-17-42(18-6-1)50-35-34-49(39-54(50)44-21-9-3-10-22-44)59(48-32-30-41(31-33-48)47-29-28-40-16-13-14-25-46(40)38-47)55-27-15-26-52-53-37-36-51(43-19-7-2-8-20-43)56(58(53)60-57(52)55)45-23-11-4-12-24-45/h1-39H. The largest absolute Gasteiger partial charge is 0.453 e. The predicted octanol–water partition coefficient (Wildman–Crippen LogP) is 16.5. The first-order valence-corrected chi connectivity index (χ1v) is 20.5. The lowest BCUT2D eigenvalue weighted by molar-refractivity contribution is 0.670. The number of anilines is 3. The van der Waals surface area contributed by atoms with Gasteiger partial charge in [0.15, 0.2) is 5.58 Å². The molecular weight excluding hydrogens is 727 g/mol. The van der Waals surface area contributed by atoms with Crippen LogP contribution in [0, 0.1) is 0 Å². The first-order chi connectivity index (χ1) is 29.8. The maximum Gasteiger partial charge on any atom is 0.159 e. The number of furan rings is 1. The van der Waals surface area contributed by atoms with Crippen molar-refractivity contribution in [1.29, 1.82) is 0 Å². The molecule has 0 fully saturated rings. The summed E-state index contributed by atoms with van der Waals surface area (Å²) in [5, 5.41) is 4.62. The van der Waals surface area contributed by atoms with Gasteiger partial charge in [0.05, 0.1) is 5.69 Å². The van der Waals surface area contributed by atoms with E-state index in [1.165, 1.54) is 27.5 Å². The predicted molar refractivity (Wildman–Crippen MR) is 253 cm³/mol. The fourth-order valence-electron chi connectivity index (χ4n) is 8.77. The van der Waals surface area contributed by atoms with E-state index in [0.29, 0.717) is 0 Å². The lowest BCUT2D eigenvalue weighted by Crippen LogP contribution is -2.10. The van der Waals surface area contributed by atoms with Crippen molar-refractivity contribution in [3.8, 4) is 55.6 Å². The number of para-hydroxylation sites is 1. The van der Waals surface area contributed by atoms with Crippen LogP contribution in [0.1, 0.15) is 0 Å². The van der Waals surface area contributed by atoms with Crippen molar-refractivity contribution >= 4 is 49.8 Å². The lowest BCUT2D eigenvalue weighted by atomic mass is 9.92. The zero-order valence-corrected chi connectivity index (χ0v) is 32.9. The minimum Gasteiger partial charge on any atom is -0.453 e. The minimum atomic E-state index is 0.835. The lowest BCUT2D eigenvalue weighted by Gasteiger charge is -2.27. The highest BCUT2D eigenvalue weighted by Crippen LogP contribution is 2.48. The molecule has 0 saturated carbocycles. The molecule has 0 radical (unpaired) electrons. The summed E-state index contributed by atoms with van der Waals surface area (Å²) in [6.07, 6.45) is 0. The summed E-state index contributed by atoms with van der Waals surface area (Å²) in [6.45, 7) is 0. The van der Waals surface area contributed by atoms with Gasteiger partial charge in [0.1, 0.15) is 5.58 Å². The normalized spacial score (nSPS) is 11.3. The van der Waals surface area contributed by atoms with Crippen LogP contribution in [-0.2, 0) is 0 Å². The molecule has 282 valence electrons. The van der Waals surface area contributed by atoms with E-state index in [4.69, 9.17) is 4.42 Å². The number of hydrogen-bond acceptors (Lipinski definition) is 2. The summed E-state index contributed by atoms with van der Waals surface area (Å²) in [5.74, 6) is 0. The van der Waals surface area contributed by atoms with Crippen molar-refractivity contribution in [1.82, 2.24) is 0 Å². The maximum atomic E-state index is 7.26. The van der Waals surface area contributed by atoms with E-state index in [1.807, 2.05) is 0 Å². The summed E-state index contributed by atoms with van der Waals surface area (Å²) in [6, 6.07) is 84.7. The summed E-state index contributed by atoms with van der Waals surface area (Å²) in [7, 11) is 0. The first-order valence-electron chi connectivity index (χ1n) is 20.5. The van der Waals surface area contributed by atoms with E-state index in [9.17, 15) is 0 Å². The third-order valence-electron chi connectivity index (χ3n) is 11.7. The van der Waals surface area contributed by atoms with Crippen molar-refractivity contribution in [2.24, 2.45) is 0 Å². The highest BCUT2D eigenvalue weighted by molar-refractivity contribution is 6.16. The monoisotopic (exact) mass is 765 g/mol. The van der Waals surface area contributed by atoms with Gasteiger partial charge in [-0.2, -0.15) is 0 Å². The van der Waals surface area contributed by atoms with E-state index >= 15 is 0 Å². The molecule has 0 saturated heterocycles. The molecule has 10 aromatic carbocycles. The third-order valence-corrected chi connectivity index (χ3v) is 11.7. The van der Waals surface area contributed by atoms with Crippen LogP contribution in [0.4, 0.5) is 17.1 Å². The van der Waals surface area contributed by atoms with Crippen molar-refractivity contribution < 1.29 is 4.42 Å². The molecule has 2 heteroatoms. The summed E-state index contributed by atoms with van der Waals surface area (Å²) < 4.78 is 7.26. The molecule has 0 N–H and O–H groups in total. The Hall–Kier alpha value is -7.94. The molecule has 0 bridgehead atoms. The number of benzene rings is 10. The molecule has 60 heavy (non-hydrogen) atoms. The molecule has 0 atom stereocenters. The SMILES string of the molecule is c1ccc(-c2ccc(N(c3ccc(-c4ccc5ccccc5c4)cc3)c3cccc4c3oc3c(-c5ccccc5)c(-c5ccccc5)ccc34)cc2-c2ccccc2)cc1. The molecule has 1 aromatic heterocycles. The Kier molecular flexibility index (Phi) is 8.87. The number of rotatable bonds is 8. The van der Waals surface area contributed by atoms with Crippen molar-refractivity contribution in [3.63, 3.8) is 0 Å². The van der Waals surface area contributed by atoms with Gasteiger partial charge < -0.3 is 9.32 Å². The highest BCUT2D eigenvalue weighted by Gasteiger charge is 2.23. The van der Waals surface area contributed by atoms with Gasteiger partial charge in [-0.25, -0.2) is 0 Å². The van der Waals surface area contributed by atoms with Gasteiger partial charge in [0.25, 0.3) is 0 Å². The molecule has 0 amide bonds. The molecule has 0 spiro atoms. The van der Waals surface area contributed by atoms with Crippen LogP contribution in [0.25, 0.3) is 88.3 Å². The summed E-state index contributed by atoms with van der Waals surface area (Å²) >= 11 is 0. The van der Waals surface area contributed by atoms with Crippen LogP contribution >= 0.6 is 0 Å². The van der Waals surface area contributed by atoms with Gasteiger partial charge in [0, 0.05) is 27.7 Å².